The normalized spacial score (nSPS) is 13.8. The summed E-state index contributed by atoms with van der Waals surface area (Å²) in [4.78, 5) is 0. The van der Waals surface area contributed by atoms with Gasteiger partial charge in [0.1, 0.15) is 0 Å². The van der Waals surface area contributed by atoms with Gasteiger partial charge < -0.3 is 4.57 Å². The molecule has 162 valence electrons. The standard InChI is InChI=1S/C27H33N3S/c1-6-7-15-31-27-26-20(4)29(5)28-25(16-19(2)3)24(26)18-30(27)17-22-13-10-12-21-11-8-9-14-23(21)22/h8-14,18-19H,4,6-7,15-17H2,1-3,5H3. The van der Waals surface area contributed by atoms with Crippen molar-refractivity contribution in [3.8, 4) is 0 Å². The van der Waals surface area contributed by atoms with Gasteiger partial charge in [0.25, 0.3) is 0 Å². The van der Waals surface area contributed by atoms with Gasteiger partial charge in [-0.15, -0.1) is 11.8 Å². The smallest absolute Gasteiger partial charge is 0.0853 e. The third-order valence-electron chi connectivity index (χ3n) is 5.85. The van der Waals surface area contributed by atoms with Crippen LogP contribution in [-0.2, 0) is 6.54 Å². The number of aromatic nitrogens is 1. The molecule has 0 bridgehead atoms. The van der Waals surface area contributed by atoms with Crippen molar-refractivity contribution in [1.29, 1.82) is 0 Å². The lowest BCUT2D eigenvalue weighted by Gasteiger charge is -2.25. The molecule has 0 atom stereocenters. The van der Waals surface area contributed by atoms with E-state index in [1.165, 1.54) is 51.0 Å². The molecule has 2 aromatic carbocycles. The number of hydrogen-bond acceptors (Lipinski definition) is 3. The number of hydrazone groups is 1. The lowest BCUT2D eigenvalue weighted by atomic mass is 9.97. The van der Waals surface area contributed by atoms with Gasteiger partial charge in [-0.05, 0) is 40.8 Å². The molecule has 0 radical (unpaired) electrons. The Kier molecular flexibility index (Phi) is 6.57. The summed E-state index contributed by atoms with van der Waals surface area (Å²) in [5.74, 6) is 1.68. The highest BCUT2D eigenvalue weighted by molar-refractivity contribution is 7.99. The SMILES string of the molecule is C=C1c2c(cn(Cc3cccc4ccccc34)c2SCCCC)C(CC(C)C)=NN1C. The van der Waals surface area contributed by atoms with Crippen LogP contribution in [0.5, 0.6) is 0 Å². The van der Waals surface area contributed by atoms with Crippen molar-refractivity contribution >= 4 is 33.9 Å². The van der Waals surface area contributed by atoms with Crippen molar-refractivity contribution in [2.45, 2.75) is 51.6 Å². The molecule has 0 aliphatic carbocycles. The summed E-state index contributed by atoms with van der Waals surface area (Å²) in [6.45, 7) is 12.0. The minimum absolute atomic E-state index is 0.559. The predicted octanol–water partition coefficient (Wildman–Crippen LogP) is 7.25. The molecular weight excluding hydrogens is 398 g/mol. The van der Waals surface area contributed by atoms with E-state index in [1.54, 1.807) is 0 Å². The molecule has 31 heavy (non-hydrogen) atoms. The van der Waals surface area contributed by atoms with Crippen LogP contribution in [0.1, 0.15) is 56.7 Å². The van der Waals surface area contributed by atoms with Gasteiger partial charge in [0, 0.05) is 30.9 Å². The van der Waals surface area contributed by atoms with Gasteiger partial charge in [-0.2, -0.15) is 5.10 Å². The van der Waals surface area contributed by atoms with Crippen LogP contribution < -0.4 is 0 Å². The fourth-order valence-electron chi connectivity index (χ4n) is 4.23. The predicted molar refractivity (Wildman–Crippen MR) is 136 cm³/mol. The second-order valence-electron chi connectivity index (χ2n) is 8.81. The molecule has 0 unspecified atom stereocenters. The first-order valence-corrected chi connectivity index (χ1v) is 12.3. The van der Waals surface area contributed by atoms with Crippen molar-refractivity contribution < 1.29 is 0 Å². The average molecular weight is 432 g/mol. The van der Waals surface area contributed by atoms with Crippen molar-refractivity contribution in [3.63, 3.8) is 0 Å². The molecule has 0 saturated heterocycles. The van der Waals surface area contributed by atoms with Crippen LogP contribution in [-0.4, -0.2) is 28.1 Å². The summed E-state index contributed by atoms with van der Waals surface area (Å²) in [5, 5.41) is 10.8. The van der Waals surface area contributed by atoms with Crippen molar-refractivity contribution in [2.75, 3.05) is 12.8 Å². The van der Waals surface area contributed by atoms with Gasteiger partial charge in [0.15, 0.2) is 0 Å². The Morgan fingerprint density at radius 2 is 1.87 bits per heavy atom. The first-order valence-electron chi connectivity index (χ1n) is 11.3. The third-order valence-corrected chi connectivity index (χ3v) is 7.05. The summed E-state index contributed by atoms with van der Waals surface area (Å²) in [7, 11) is 2.02. The topological polar surface area (TPSA) is 20.5 Å². The van der Waals surface area contributed by atoms with Crippen molar-refractivity contribution in [2.24, 2.45) is 11.0 Å². The first-order chi connectivity index (χ1) is 15.0. The lowest BCUT2D eigenvalue weighted by Crippen LogP contribution is -2.21. The number of fused-ring (bicyclic) bond motifs is 2. The van der Waals surface area contributed by atoms with Gasteiger partial charge in [-0.3, -0.25) is 5.01 Å². The monoisotopic (exact) mass is 431 g/mol. The second kappa shape index (κ2) is 9.35. The van der Waals surface area contributed by atoms with Crippen LogP contribution in [0.15, 0.2) is 65.4 Å². The zero-order chi connectivity index (χ0) is 22.0. The summed E-state index contributed by atoms with van der Waals surface area (Å²) in [5.41, 5.74) is 6.06. The van der Waals surface area contributed by atoms with Gasteiger partial charge >= 0.3 is 0 Å². The highest BCUT2D eigenvalue weighted by Crippen LogP contribution is 2.39. The fraction of sp³-hybridized carbons (Fsp3) is 0.370. The lowest BCUT2D eigenvalue weighted by molar-refractivity contribution is 0.505. The maximum Gasteiger partial charge on any atom is 0.0853 e. The van der Waals surface area contributed by atoms with Crippen molar-refractivity contribution in [1.82, 2.24) is 9.58 Å². The van der Waals surface area contributed by atoms with E-state index in [0.717, 1.165) is 24.4 Å². The summed E-state index contributed by atoms with van der Waals surface area (Å²) in [6, 6.07) is 15.3. The van der Waals surface area contributed by atoms with E-state index in [9.17, 15) is 0 Å². The van der Waals surface area contributed by atoms with E-state index in [1.807, 2.05) is 23.8 Å². The highest BCUT2D eigenvalue weighted by atomic mass is 32.2. The molecule has 1 aliphatic rings. The van der Waals surface area contributed by atoms with Gasteiger partial charge in [-0.1, -0.05) is 76.2 Å². The zero-order valence-corrected chi connectivity index (χ0v) is 20.0. The average Bonchev–Trinajstić information content (AvgIpc) is 3.11. The van der Waals surface area contributed by atoms with E-state index in [-0.39, 0.29) is 0 Å². The van der Waals surface area contributed by atoms with Crippen LogP contribution >= 0.6 is 11.8 Å². The van der Waals surface area contributed by atoms with Gasteiger partial charge in [0.2, 0.25) is 0 Å². The van der Waals surface area contributed by atoms with E-state index >= 15 is 0 Å². The first kappa shape index (κ1) is 21.8. The largest absolute Gasteiger partial charge is 0.337 e. The number of rotatable bonds is 8. The summed E-state index contributed by atoms with van der Waals surface area (Å²) in [6.07, 6.45) is 5.72. The van der Waals surface area contributed by atoms with Crippen molar-refractivity contribution in [3.05, 3.63) is 71.9 Å². The van der Waals surface area contributed by atoms with Crippen LogP contribution in [0, 0.1) is 5.92 Å². The number of nitrogens with zero attached hydrogens (tertiary/aromatic N) is 3. The Morgan fingerprint density at radius 1 is 1.10 bits per heavy atom. The molecule has 1 aliphatic heterocycles. The quantitative estimate of drug-likeness (QED) is 0.277. The maximum atomic E-state index is 4.88. The maximum absolute atomic E-state index is 4.88. The molecule has 0 amide bonds. The Hall–Kier alpha value is -2.46. The van der Waals surface area contributed by atoms with Crippen LogP contribution in [0.4, 0.5) is 0 Å². The Morgan fingerprint density at radius 3 is 2.65 bits per heavy atom. The molecule has 1 aromatic heterocycles. The summed E-state index contributed by atoms with van der Waals surface area (Å²) < 4.78 is 2.44. The van der Waals surface area contributed by atoms with Gasteiger partial charge in [-0.25, -0.2) is 0 Å². The Balaban J connectivity index is 1.81. The van der Waals surface area contributed by atoms with E-state index in [4.69, 9.17) is 5.10 Å². The number of unbranched alkanes of at least 4 members (excludes halogenated alkanes) is 1. The molecule has 0 N–H and O–H groups in total. The molecule has 2 heterocycles. The Bertz CT molecular complexity index is 1120. The minimum Gasteiger partial charge on any atom is -0.337 e. The molecule has 3 nitrogen and oxygen atoms in total. The molecule has 0 spiro atoms. The third kappa shape index (κ3) is 4.45. The number of hydrogen-bond donors (Lipinski definition) is 0. The Labute approximate surface area is 190 Å². The molecule has 3 aromatic rings. The second-order valence-corrected chi connectivity index (χ2v) is 9.89. The molecule has 4 heteroatoms. The van der Waals surface area contributed by atoms with Gasteiger partial charge in [0.05, 0.1) is 16.4 Å². The fourth-order valence-corrected chi connectivity index (χ4v) is 5.51. The van der Waals surface area contributed by atoms with Crippen LogP contribution in [0.3, 0.4) is 0 Å². The number of benzene rings is 2. The number of thioether (sulfide) groups is 1. The molecule has 4 rings (SSSR count). The summed E-state index contributed by atoms with van der Waals surface area (Å²) >= 11 is 1.96. The van der Waals surface area contributed by atoms with E-state index < -0.39 is 0 Å². The van der Waals surface area contributed by atoms with E-state index in [2.05, 4.69) is 80.6 Å². The molecule has 0 fully saturated rings. The molecular formula is C27H33N3S. The van der Waals surface area contributed by atoms with Crippen LogP contribution in [0.25, 0.3) is 16.5 Å². The molecule has 0 saturated carbocycles. The minimum atomic E-state index is 0.559. The zero-order valence-electron chi connectivity index (χ0n) is 19.2. The van der Waals surface area contributed by atoms with E-state index in [0.29, 0.717) is 5.92 Å². The van der Waals surface area contributed by atoms with Crippen LogP contribution in [0.2, 0.25) is 0 Å². The highest BCUT2D eigenvalue weighted by Gasteiger charge is 2.28.